The fourth-order valence-corrected chi connectivity index (χ4v) is 5.70. The van der Waals surface area contributed by atoms with E-state index in [9.17, 15) is 22.2 Å². The molecule has 0 N–H and O–H groups in total. The fraction of sp³-hybridized carbons (Fsp3) is 0.231. The zero-order valence-corrected chi connectivity index (χ0v) is 22.2. The Hall–Kier alpha value is -3.82. The van der Waals surface area contributed by atoms with Gasteiger partial charge >= 0.3 is 6.18 Å². The van der Waals surface area contributed by atoms with Gasteiger partial charge in [-0.1, -0.05) is 24.3 Å². The summed E-state index contributed by atoms with van der Waals surface area (Å²) in [4.78, 5) is 20.8. The highest BCUT2D eigenvalue weighted by molar-refractivity contribution is 7.93. The van der Waals surface area contributed by atoms with Crippen LogP contribution >= 0.6 is 12.2 Å². The molecule has 0 spiro atoms. The van der Waals surface area contributed by atoms with Crippen LogP contribution in [0.25, 0.3) is 0 Å². The van der Waals surface area contributed by atoms with E-state index >= 15 is 0 Å². The van der Waals surface area contributed by atoms with Gasteiger partial charge in [0.15, 0.2) is 10.9 Å². The van der Waals surface area contributed by atoms with Crippen LogP contribution in [0.5, 0.6) is 0 Å². The third-order valence-corrected chi connectivity index (χ3v) is 8.19. The molecule has 38 heavy (non-hydrogen) atoms. The number of carbonyl (C=O) groups excluding carboxylic acids is 1. The molecule has 2 aromatic carbocycles. The number of thiocarbonyl (C=S) groups is 1. The molecule has 0 radical (unpaired) electrons. The van der Waals surface area contributed by atoms with Crippen molar-refractivity contribution in [2.24, 2.45) is 4.36 Å². The fourth-order valence-electron chi connectivity index (χ4n) is 3.98. The molecule has 196 valence electrons. The number of alkyl halides is 3. The van der Waals surface area contributed by atoms with E-state index in [2.05, 4.69) is 9.35 Å². The van der Waals surface area contributed by atoms with Crippen molar-refractivity contribution in [1.29, 1.82) is 5.26 Å². The van der Waals surface area contributed by atoms with E-state index in [1.807, 2.05) is 6.07 Å². The van der Waals surface area contributed by atoms with Crippen molar-refractivity contribution in [2.75, 3.05) is 11.2 Å². The molecule has 1 atom stereocenters. The molecular weight excluding hydrogens is 535 g/mol. The number of rotatable bonds is 5. The molecule has 1 aliphatic rings. The topological polar surface area (TPSA) is 89.7 Å². The smallest absolute Gasteiger partial charge is 0.330 e. The summed E-state index contributed by atoms with van der Waals surface area (Å²) in [7, 11) is -2.71. The predicted molar refractivity (Wildman–Crippen MR) is 141 cm³/mol. The molecule has 12 heteroatoms. The van der Waals surface area contributed by atoms with E-state index in [0.29, 0.717) is 10.5 Å². The average molecular weight is 558 g/mol. The van der Waals surface area contributed by atoms with Gasteiger partial charge in [-0.05, 0) is 68.0 Å². The molecule has 7 nitrogen and oxygen atoms in total. The summed E-state index contributed by atoms with van der Waals surface area (Å²) in [5.41, 5.74) is -2.28. The van der Waals surface area contributed by atoms with Crippen molar-refractivity contribution in [2.45, 2.75) is 37.0 Å². The maximum Gasteiger partial charge on any atom is 0.417 e. The van der Waals surface area contributed by atoms with Crippen molar-refractivity contribution >= 4 is 44.5 Å². The average Bonchev–Trinajstić information content (AvgIpc) is 3.03. The van der Waals surface area contributed by atoms with Crippen LogP contribution in [-0.2, 0) is 27.2 Å². The molecular formula is C26H22F3N5O2S2. The van der Waals surface area contributed by atoms with Gasteiger partial charge in [0.25, 0.3) is 5.91 Å². The van der Waals surface area contributed by atoms with Gasteiger partial charge in [-0.25, -0.2) is 9.19 Å². The Morgan fingerprint density at radius 3 is 2.39 bits per heavy atom. The number of nitriles is 1. The van der Waals surface area contributed by atoms with Crippen molar-refractivity contribution in [1.82, 2.24) is 9.88 Å². The molecule has 1 amide bonds. The van der Waals surface area contributed by atoms with Gasteiger partial charge in [0.2, 0.25) is 0 Å². The minimum atomic E-state index is -4.78. The molecule has 4 rings (SSSR count). The lowest BCUT2D eigenvalue weighted by molar-refractivity contribution is -0.137. The quantitative estimate of drug-likeness (QED) is 0.376. The third-order valence-electron chi connectivity index (χ3n) is 6.11. The highest BCUT2D eigenvalue weighted by atomic mass is 32.2. The number of pyridine rings is 1. The second kappa shape index (κ2) is 9.81. The summed E-state index contributed by atoms with van der Waals surface area (Å²) < 4.78 is 57.8. The minimum Gasteiger partial charge on any atom is -0.330 e. The van der Waals surface area contributed by atoms with Gasteiger partial charge in [-0.2, -0.15) is 22.8 Å². The Morgan fingerprint density at radius 1 is 1.13 bits per heavy atom. The Balaban J connectivity index is 1.61. The van der Waals surface area contributed by atoms with Crippen LogP contribution in [0.1, 0.15) is 30.5 Å². The van der Waals surface area contributed by atoms with Crippen molar-refractivity contribution < 1.29 is 22.2 Å². The van der Waals surface area contributed by atoms with Gasteiger partial charge in [-0.15, -0.1) is 0 Å². The molecule has 1 aromatic heterocycles. The van der Waals surface area contributed by atoms with Crippen LogP contribution in [0.4, 0.5) is 24.7 Å². The maximum atomic E-state index is 13.5. The zero-order chi connectivity index (χ0) is 27.9. The monoisotopic (exact) mass is 557 g/mol. The van der Waals surface area contributed by atoms with Gasteiger partial charge in [0.05, 0.1) is 32.6 Å². The summed E-state index contributed by atoms with van der Waals surface area (Å²) in [6.45, 7) is 3.39. The number of carbonyl (C=O) groups is 1. The van der Waals surface area contributed by atoms with E-state index in [0.717, 1.165) is 17.0 Å². The molecule has 0 saturated carbocycles. The number of amides is 1. The summed E-state index contributed by atoms with van der Waals surface area (Å²) in [6, 6.07) is 16.7. The van der Waals surface area contributed by atoms with Crippen LogP contribution in [-0.4, -0.2) is 36.9 Å². The first-order chi connectivity index (χ1) is 17.8. The Bertz CT molecular complexity index is 1570. The van der Waals surface area contributed by atoms with Crippen molar-refractivity contribution in [3.05, 3.63) is 83.6 Å². The highest BCUT2D eigenvalue weighted by Crippen LogP contribution is 2.38. The standard InChI is InChI=1S/C26H22F3N5O2S2/c1-25(2)23(35)34(19-11-10-18(14-30)21(13-19)26(27,28)29)24(37)33(25)16-17-9-12-22(31-15-17)32-38(3,36)20-7-5-4-6-8-20/h4-13,15H,16H2,1-3H3/t38-/m1/s1. The Labute approximate surface area is 223 Å². The molecule has 1 saturated heterocycles. The lowest BCUT2D eigenvalue weighted by Crippen LogP contribution is -2.43. The summed E-state index contributed by atoms with van der Waals surface area (Å²) in [5.74, 6) is -0.239. The van der Waals surface area contributed by atoms with E-state index in [-0.39, 0.29) is 23.2 Å². The summed E-state index contributed by atoms with van der Waals surface area (Å²) in [5, 5.41) is 9.10. The maximum absolute atomic E-state index is 13.5. The normalized spacial score (nSPS) is 16.8. The number of benzene rings is 2. The van der Waals surface area contributed by atoms with Gasteiger partial charge < -0.3 is 4.90 Å². The first-order valence-electron chi connectivity index (χ1n) is 11.3. The molecule has 2 heterocycles. The van der Waals surface area contributed by atoms with E-state index in [1.165, 1.54) is 24.6 Å². The molecule has 3 aromatic rings. The Kier molecular flexibility index (Phi) is 7.03. The lowest BCUT2D eigenvalue weighted by atomic mass is 10.0. The van der Waals surface area contributed by atoms with Gasteiger partial charge in [0.1, 0.15) is 5.54 Å². The van der Waals surface area contributed by atoms with E-state index in [1.54, 1.807) is 55.1 Å². The lowest BCUT2D eigenvalue weighted by Gasteiger charge is -2.29. The minimum absolute atomic E-state index is 0.0206. The third kappa shape index (κ3) is 5.12. The molecule has 0 aliphatic carbocycles. The van der Waals surface area contributed by atoms with Gasteiger partial charge in [0, 0.05) is 23.9 Å². The van der Waals surface area contributed by atoms with E-state index < -0.39 is 38.5 Å². The first kappa shape index (κ1) is 27.2. The first-order valence-corrected chi connectivity index (χ1v) is 13.6. The van der Waals surface area contributed by atoms with Crippen LogP contribution in [0.2, 0.25) is 0 Å². The largest absolute Gasteiger partial charge is 0.417 e. The number of hydrogen-bond acceptors (Lipinski definition) is 6. The van der Waals surface area contributed by atoms with Gasteiger partial charge in [-0.3, -0.25) is 9.69 Å². The second-order valence-electron chi connectivity index (χ2n) is 9.14. The van der Waals surface area contributed by atoms with Crippen LogP contribution in [0.3, 0.4) is 0 Å². The number of hydrogen-bond donors (Lipinski definition) is 0. The summed E-state index contributed by atoms with van der Waals surface area (Å²) >= 11 is 5.53. The van der Waals surface area contributed by atoms with Crippen molar-refractivity contribution in [3.8, 4) is 6.07 Å². The number of anilines is 1. The van der Waals surface area contributed by atoms with Crippen LogP contribution in [0.15, 0.2) is 76.1 Å². The van der Waals surface area contributed by atoms with Crippen LogP contribution < -0.4 is 4.90 Å². The molecule has 1 fully saturated rings. The second-order valence-corrected chi connectivity index (χ2v) is 11.8. The Morgan fingerprint density at radius 2 is 1.82 bits per heavy atom. The zero-order valence-electron chi connectivity index (χ0n) is 20.6. The molecule has 0 unspecified atom stereocenters. The van der Waals surface area contributed by atoms with Crippen LogP contribution in [0, 0.1) is 11.3 Å². The molecule has 1 aliphatic heterocycles. The van der Waals surface area contributed by atoms with Crippen molar-refractivity contribution in [3.63, 3.8) is 0 Å². The number of halogens is 3. The predicted octanol–water partition coefficient (Wildman–Crippen LogP) is 5.67. The number of nitrogens with zero attached hydrogens (tertiary/aromatic N) is 5. The van der Waals surface area contributed by atoms with E-state index in [4.69, 9.17) is 17.5 Å². The highest BCUT2D eigenvalue weighted by Gasteiger charge is 2.49. The molecule has 0 bridgehead atoms. The number of aromatic nitrogens is 1. The summed E-state index contributed by atoms with van der Waals surface area (Å²) in [6.07, 6.45) is -1.73. The SMILES string of the molecule is CC1(C)C(=O)N(c2ccc(C#N)c(C(F)(F)F)c2)C(=S)N1Cc1ccc(N=[S@](C)(=O)c2ccccc2)nc1.